The maximum absolute atomic E-state index is 11.3. The number of anilines is 2. The molecule has 6 nitrogen and oxygen atoms in total. The van der Waals surface area contributed by atoms with Crippen LogP contribution in [0.1, 0.15) is 28.9 Å². The number of primary amides is 1. The standard InChI is InChI=1S/C13H16N4O2/c1-2-8-6-16-11(19-8)7-17-12-9(13(15)18)4-3-5-10(12)14/h3-6,17H,2,7,14H2,1H3,(H2,15,18). The Morgan fingerprint density at radius 1 is 1.47 bits per heavy atom. The number of oxazole rings is 1. The van der Waals surface area contributed by atoms with Crippen LogP contribution in [0.5, 0.6) is 0 Å². The van der Waals surface area contributed by atoms with E-state index in [0.717, 1.165) is 12.2 Å². The summed E-state index contributed by atoms with van der Waals surface area (Å²) in [6, 6.07) is 5.00. The zero-order chi connectivity index (χ0) is 13.8. The van der Waals surface area contributed by atoms with Gasteiger partial charge in [-0.1, -0.05) is 13.0 Å². The Hall–Kier alpha value is -2.50. The largest absolute Gasteiger partial charge is 0.444 e. The number of nitrogens with zero attached hydrogens (tertiary/aromatic N) is 1. The normalized spacial score (nSPS) is 10.4. The quantitative estimate of drug-likeness (QED) is 0.707. The molecule has 0 aliphatic carbocycles. The number of amides is 1. The predicted octanol–water partition coefficient (Wildman–Crippen LogP) is 1.53. The predicted molar refractivity (Wildman–Crippen MR) is 72.6 cm³/mol. The maximum atomic E-state index is 11.3. The number of benzene rings is 1. The Morgan fingerprint density at radius 3 is 2.89 bits per heavy atom. The lowest BCUT2D eigenvalue weighted by atomic mass is 10.1. The number of para-hydroxylation sites is 1. The number of hydrogen-bond acceptors (Lipinski definition) is 5. The number of carbonyl (C=O) groups excluding carboxylic acids is 1. The molecule has 0 unspecified atom stereocenters. The molecule has 0 atom stereocenters. The van der Waals surface area contributed by atoms with E-state index in [0.29, 0.717) is 29.4 Å². The molecule has 0 fully saturated rings. The van der Waals surface area contributed by atoms with Crippen LogP contribution < -0.4 is 16.8 Å². The number of nitrogens with two attached hydrogens (primary N) is 2. The lowest BCUT2D eigenvalue weighted by Crippen LogP contribution is -2.15. The van der Waals surface area contributed by atoms with Crippen LogP contribution >= 0.6 is 0 Å². The van der Waals surface area contributed by atoms with Gasteiger partial charge in [-0.15, -0.1) is 0 Å². The molecule has 19 heavy (non-hydrogen) atoms. The highest BCUT2D eigenvalue weighted by Crippen LogP contribution is 2.23. The van der Waals surface area contributed by atoms with Crippen LogP contribution in [0.2, 0.25) is 0 Å². The highest BCUT2D eigenvalue weighted by Gasteiger charge is 2.11. The van der Waals surface area contributed by atoms with Gasteiger partial charge in [-0.3, -0.25) is 4.79 Å². The van der Waals surface area contributed by atoms with Crippen LogP contribution in [-0.2, 0) is 13.0 Å². The van der Waals surface area contributed by atoms with Crippen LogP contribution in [-0.4, -0.2) is 10.9 Å². The van der Waals surface area contributed by atoms with E-state index in [1.54, 1.807) is 24.4 Å². The van der Waals surface area contributed by atoms with Gasteiger partial charge in [0, 0.05) is 6.42 Å². The minimum Gasteiger partial charge on any atom is -0.444 e. The number of aromatic nitrogens is 1. The molecule has 0 spiro atoms. The number of rotatable bonds is 5. The zero-order valence-corrected chi connectivity index (χ0v) is 10.6. The molecule has 0 saturated carbocycles. The average molecular weight is 260 g/mol. The number of hydrogen-bond donors (Lipinski definition) is 3. The molecule has 1 aromatic carbocycles. The third kappa shape index (κ3) is 2.85. The highest BCUT2D eigenvalue weighted by molar-refractivity contribution is 6.01. The van der Waals surface area contributed by atoms with Crippen LogP contribution in [0.3, 0.4) is 0 Å². The van der Waals surface area contributed by atoms with Crippen LogP contribution in [0.15, 0.2) is 28.8 Å². The minimum absolute atomic E-state index is 0.342. The molecule has 1 amide bonds. The Labute approximate surface area is 110 Å². The SMILES string of the molecule is CCc1cnc(CNc2c(N)cccc2C(N)=O)o1. The third-order valence-corrected chi connectivity index (χ3v) is 2.73. The second kappa shape index (κ2) is 5.43. The third-order valence-electron chi connectivity index (χ3n) is 2.73. The van der Waals surface area contributed by atoms with Crippen molar-refractivity contribution in [2.24, 2.45) is 5.73 Å². The fourth-order valence-corrected chi connectivity index (χ4v) is 1.73. The molecule has 0 bridgehead atoms. The Bertz CT molecular complexity index is 592. The van der Waals surface area contributed by atoms with Crippen LogP contribution in [0.25, 0.3) is 0 Å². The molecular formula is C13H16N4O2. The van der Waals surface area contributed by atoms with E-state index in [9.17, 15) is 4.79 Å². The fourth-order valence-electron chi connectivity index (χ4n) is 1.73. The van der Waals surface area contributed by atoms with Crippen molar-refractivity contribution >= 4 is 17.3 Å². The molecule has 0 saturated heterocycles. The van der Waals surface area contributed by atoms with Crippen molar-refractivity contribution in [2.45, 2.75) is 19.9 Å². The first-order valence-corrected chi connectivity index (χ1v) is 5.97. The van der Waals surface area contributed by atoms with Crippen molar-refractivity contribution in [2.75, 3.05) is 11.1 Å². The van der Waals surface area contributed by atoms with E-state index in [1.165, 1.54) is 0 Å². The molecule has 2 rings (SSSR count). The van der Waals surface area contributed by atoms with Crippen molar-refractivity contribution in [3.8, 4) is 0 Å². The summed E-state index contributed by atoms with van der Waals surface area (Å²) in [6.45, 7) is 2.33. The lowest BCUT2D eigenvalue weighted by Gasteiger charge is -2.11. The van der Waals surface area contributed by atoms with Crippen molar-refractivity contribution in [1.29, 1.82) is 0 Å². The van der Waals surface area contributed by atoms with Crippen LogP contribution in [0, 0.1) is 0 Å². The van der Waals surface area contributed by atoms with Gasteiger partial charge < -0.3 is 21.2 Å². The van der Waals surface area contributed by atoms with Gasteiger partial charge in [0.2, 0.25) is 5.89 Å². The average Bonchev–Trinajstić information content (AvgIpc) is 2.85. The van der Waals surface area contributed by atoms with E-state index in [-0.39, 0.29) is 0 Å². The molecule has 0 aliphatic rings. The van der Waals surface area contributed by atoms with E-state index in [4.69, 9.17) is 15.9 Å². The second-order valence-electron chi connectivity index (χ2n) is 4.06. The molecule has 5 N–H and O–H groups in total. The summed E-state index contributed by atoms with van der Waals surface area (Å²) < 4.78 is 5.46. The maximum Gasteiger partial charge on any atom is 0.250 e. The molecular weight excluding hydrogens is 244 g/mol. The Morgan fingerprint density at radius 2 is 2.26 bits per heavy atom. The van der Waals surface area contributed by atoms with Gasteiger partial charge >= 0.3 is 0 Å². The topological polar surface area (TPSA) is 107 Å². The molecule has 1 aromatic heterocycles. The molecule has 100 valence electrons. The summed E-state index contributed by atoms with van der Waals surface area (Å²) >= 11 is 0. The van der Waals surface area contributed by atoms with Gasteiger partial charge in [0.05, 0.1) is 29.7 Å². The van der Waals surface area contributed by atoms with Gasteiger partial charge in [0.15, 0.2) is 0 Å². The number of nitrogens with one attached hydrogen (secondary N) is 1. The minimum atomic E-state index is -0.531. The van der Waals surface area contributed by atoms with Crippen molar-refractivity contribution in [3.05, 3.63) is 41.6 Å². The summed E-state index contributed by atoms with van der Waals surface area (Å²) in [5.74, 6) is 0.819. The number of carbonyl (C=O) groups is 1. The van der Waals surface area contributed by atoms with Gasteiger partial charge in [-0.05, 0) is 12.1 Å². The molecule has 0 aliphatic heterocycles. The fraction of sp³-hybridized carbons (Fsp3) is 0.231. The van der Waals surface area contributed by atoms with E-state index in [1.807, 2.05) is 6.92 Å². The molecule has 2 aromatic rings. The van der Waals surface area contributed by atoms with Crippen molar-refractivity contribution in [3.63, 3.8) is 0 Å². The van der Waals surface area contributed by atoms with Gasteiger partial charge in [0.1, 0.15) is 5.76 Å². The summed E-state index contributed by atoms with van der Waals surface area (Å²) in [5, 5.41) is 3.03. The smallest absolute Gasteiger partial charge is 0.250 e. The molecule has 6 heteroatoms. The zero-order valence-electron chi connectivity index (χ0n) is 10.6. The molecule has 0 radical (unpaired) electrons. The summed E-state index contributed by atoms with van der Waals surface area (Å²) in [7, 11) is 0. The Kier molecular flexibility index (Phi) is 3.70. The van der Waals surface area contributed by atoms with E-state index >= 15 is 0 Å². The Balaban J connectivity index is 2.17. The van der Waals surface area contributed by atoms with Crippen molar-refractivity contribution < 1.29 is 9.21 Å². The second-order valence-corrected chi connectivity index (χ2v) is 4.06. The first-order valence-electron chi connectivity index (χ1n) is 5.97. The van der Waals surface area contributed by atoms with Crippen LogP contribution in [0.4, 0.5) is 11.4 Å². The monoisotopic (exact) mass is 260 g/mol. The molecule has 1 heterocycles. The number of nitrogen functional groups attached to an aromatic ring is 1. The van der Waals surface area contributed by atoms with Gasteiger partial charge in [-0.25, -0.2) is 4.98 Å². The summed E-state index contributed by atoms with van der Waals surface area (Å²) in [5.41, 5.74) is 12.5. The van der Waals surface area contributed by atoms with Crippen molar-refractivity contribution in [1.82, 2.24) is 4.98 Å². The summed E-state index contributed by atoms with van der Waals surface area (Å²) in [6.07, 6.45) is 2.47. The van der Waals surface area contributed by atoms with Gasteiger partial charge in [-0.2, -0.15) is 0 Å². The first-order chi connectivity index (χ1) is 9.11. The summed E-state index contributed by atoms with van der Waals surface area (Å²) in [4.78, 5) is 15.4. The van der Waals surface area contributed by atoms with E-state index < -0.39 is 5.91 Å². The number of aryl methyl sites for hydroxylation is 1. The van der Waals surface area contributed by atoms with Gasteiger partial charge in [0.25, 0.3) is 5.91 Å². The van der Waals surface area contributed by atoms with E-state index in [2.05, 4.69) is 10.3 Å². The first kappa shape index (κ1) is 12.9. The highest BCUT2D eigenvalue weighted by atomic mass is 16.4. The lowest BCUT2D eigenvalue weighted by molar-refractivity contribution is 0.100.